The maximum atomic E-state index is 12.4. The van der Waals surface area contributed by atoms with Crippen molar-refractivity contribution in [3.05, 3.63) is 45.1 Å². The molecule has 1 aromatic rings. The standard InChI is InChI=1S/C19H22N6O4/c1-23-18(26)15-17(21-19(23)27)24(2)22-16(20-15)13-3-5-14(6-4-13)29-12-9-25-7-10-28-11-8-25/h3-6H,7-12H2,1-2H3. The molecule has 4 rings (SSSR count). The molecule has 0 spiro atoms. The van der Waals surface area contributed by atoms with E-state index in [1.54, 1.807) is 7.05 Å². The highest BCUT2D eigenvalue weighted by Gasteiger charge is 2.19. The van der Waals surface area contributed by atoms with Crippen LogP contribution in [0.25, 0.3) is 22.9 Å². The molecule has 0 bridgehead atoms. The number of benzene rings is 1. The number of aryl methyl sites for hydroxylation is 1. The van der Waals surface area contributed by atoms with Crippen LogP contribution >= 0.6 is 0 Å². The molecule has 0 unspecified atom stereocenters. The number of aromatic nitrogens is 5. The van der Waals surface area contributed by atoms with Crippen LogP contribution in [0.15, 0.2) is 33.9 Å². The average Bonchev–Trinajstić information content (AvgIpc) is 2.74. The highest BCUT2D eigenvalue weighted by atomic mass is 16.5. The molecule has 0 atom stereocenters. The quantitative estimate of drug-likeness (QED) is 0.580. The van der Waals surface area contributed by atoms with Crippen LogP contribution in [-0.4, -0.2) is 68.7 Å². The van der Waals surface area contributed by atoms with E-state index in [1.807, 2.05) is 24.3 Å². The zero-order valence-corrected chi connectivity index (χ0v) is 16.4. The molecule has 29 heavy (non-hydrogen) atoms. The van der Waals surface area contributed by atoms with Gasteiger partial charge in [-0.25, -0.2) is 14.5 Å². The van der Waals surface area contributed by atoms with Crippen molar-refractivity contribution in [2.75, 3.05) is 39.5 Å². The van der Waals surface area contributed by atoms with Crippen LogP contribution < -0.4 is 16.0 Å². The van der Waals surface area contributed by atoms with Gasteiger partial charge >= 0.3 is 5.69 Å². The summed E-state index contributed by atoms with van der Waals surface area (Å²) in [4.78, 5) is 34.6. The summed E-state index contributed by atoms with van der Waals surface area (Å²) in [5.41, 5.74) is -0.294. The maximum absolute atomic E-state index is 12.4. The summed E-state index contributed by atoms with van der Waals surface area (Å²) >= 11 is 0. The van der Waals surface area contributed by atoms with E-state index >= 15 is 0 Å². The van der Waals surface area contributed by atoms with Gasteiger partial charge in [0.15, 0.2) is 17.3 Å². The van der Waals surface area contributed by atoms with Crippen LogP contribution in [0, 0.1) is 0 Å². The first-order valence-corrected chi connectivity index (χ1v) is 9.38. The highest BCUT2D eigenvalue weighted by molar-refractivity contribution is 5.60. The number of hydrogen-bond donors (Lipinski definition) is 0. The van der Waals surface area contributed by atoms with Gasteiger partial charge in [-0.15, -0.1) is 0 Å². The molecule has 3 aliphatic rings. The van der Waals surface area contributed by atoms with Crippen molar-refractivity contribution >= 4 is 0 Å². The second kappa shape index (κ2) is 8.10. The minimum absolute atomic E-state index is 0.102. The molecule has 152 valence electrons. The summed E-state index contributed by atoms with van der Waals surface area (Å²) in [7, 11) is 3.00. The average molecular weight is 398 g/mol. The van der Waals surface area contributed by atoms with Crippen molar-refractivity contribution in [2.45, 2.75) is 0 Å². The molecule has 1 aromatic carbocycles. The van der Waals surface area contributed by atoms with Crippen molar-refractivity contribution in [2.24, 2.45) is 14.1 Å². The number of hydrogen-bond acceptors (Lipinski definition) is 8. The van der Waals surface area contributed by atoms with E-state index in [0.29, 0.717) is 12.4 Å². The fraction of sp³-hybridized carbons (Fsp3) is 0.421. The number of fused-ring (bicyclic) bond motifs is 1. The SMILES string of the molecule is Cn1nc(-c2ccc(OCCN3CCOCC3)cc2)nc2c(=O)n(C)c(=O)nc1-2. The third kappa shape index (κ3) is 4.03. The number of ether oxygens (including phenoxy) is 2. The lowest BCUT2D eigenvalue weighted by Crippen LogP contribution is -2.38. The smallest absolute Gasteiger partial charge is 0.352 e. The van der Waals surface area contributed by atoms with Gasteiger partial charge in [-0.2, -0.15) is 10.1 Å². The van der Waals surface area contributed by atoms with Gasteiger partial charge in [-0.1, -0.05) is 0 Å². The Hall–Kier alpha value is -3.11. The Morgan fingerprint density at radius 3 is 2.52 bits per heavy atom. The van der Waals surface area contributed by atoms with E-state index in [2.05, 4.69) is 20.0 Å². The molecule has 10 nitrogen and oxygen atoms in total. The van der Waals surface area contributed by atoms with Gasteiger partial charge in [0.25, 0.3) is 5.56 Å². The summed E-state index contributed by atoms with van der Waals surface area (Å²) in [6.45, 7) is 4.85. The number of nitrogens with zero attached hydrogens (tertiary/aromatic N) is 6. The Bertz CT molecular complexity index is 1090. The molecular weight excluding hydrogens is 376 g/mol. The Balaban J connectivity index is 1.51. The third-order valence-electron chi connectivity index (χ3n) is 4.87. The van der Waals surface area contributed by atoms with Gasteiger partial charge in [-0.05, 0) is 24.3 Å². The predicted octanol–water partition coefficient (Wildman–Crippen LogP) is -0.248. The Labute approximate surface area is 166 Å². The van der Waals surface area contributed by atoms with Crippen LogP contribution in [-0.2, 0) is 18.8 Å². The van der Waals surface area contributed by atoms with E-state index in [-0.39, 0.29) is 11.5 Å². The minimum Gasteiger partial charge on any atom is -0.492 e. The van der Waals surface area contributed by atoms with Crippen LogP contribution in [0.4, 0.5) is 0 Å². The van der Waals surface area contributed by atoms with Gasteiger partial charge in [0.1, 0.15) is 12.4 Å². The molecule has 1 saturated heterocycles. The second-order valence-corrected chi connectivity index (χ2v) is 6.82. The largest absolute Gasteiger partial charge is 0.492 e. The van der Waals surface area contributed by atoms with Crippen LogP contribution in [0.2, 0.25) is 0 Å². The van der Waals surface area contributed by atoms with E-state index in [0.717, 1.165) is 48.7 Å². The lowest BCUT2D eigenvalue weighted by Gasteiger charge is -2.26. The molecule has 10 heteroatoms. The third-order valence-corrected chi connectivity index (χ3v) is 4.87. The molecule has 0 radical (unpaired) electrons. The van der Waals surface area contributed by atoms with Crippen molar-refractivity contribution < 1.29 is 9.47 Å². The highest BCUT2D eigenvalue weighted by Crippen LogP contribution is 2.21. The van der Waals surface area contributed by atoms with E-state index in [1.165, 1.54) is 11.7 Å². The van der Waals surface area contributed by atoms with Gasteiger partial charge in [0, 0.05) is 39.3 Å². The van der Waals surface area contributed by atoms with Gasteiger partial charge < -0.3 is 9.47 Å². The van der Waals surface area contributed by atoms with Crippen LogP contribution in [0.1, 0.15) is 0 Å². The minimum atomic E-state index is -0.631. The predicted molar refractivity (Wildman–Crippen MR) is 105 cm³/mol. The summed E-state index contributed by atoms with van der Waals surface area (Å²) < 4.78 is 13.5. The first-order chi connectivity index (χ1) is 14.0. The van der Waals surface area contributed by atoms with E-state index in [9.17, 15) is 9.59 Å². The molecule has 0 amide bonds. The molecule has 0 N–H and O–H groups in total. The van der Waals surface area contributed by atoms with Crippen molar-refractivity contribution in [3.63, 3.8) is 0 Å². The summed E-state index contributed by atoms with van der Waals surface area (Å²) in [5, 5.41) is 4.33. The molecule has 3 aliphatic heterocycles. The van der Waals surface area contributed by atoms with Crippen LogP contribution in [0.3, 0.4) is 0 Å². The van der Waals surface area contributed by atoms with Gasteiger partial charge in [0.2, 0.25) is 0 Å². The maximum Gasteiger partial charge on any atom is 0.352 e. The Morgan fingerprint density at radius 2 is 1.79 bits per heavy atom. The molecule has 0 saturated carbocycles. The number of rotatable bonds is 5. The second-order valence-electron chi connectivity index (χ2n) is 6.82. The lowest BCUT2D eigenvalue weighted by molar-refractivity contribution is 0.0322. The normalized spacial score (nSPS) is 15.0. The molecule has 1 fully saturated rings. The van der Waals surface area contributed by atoms with Gasteiger partial charge in [0.05, 0.1) is 13.2 Å². The Kier molecular flexibility index (Phi) is 5.36. The zero-order chi connectivity index (χ0) is 20.4. The topological polar surface area (TPSA) is 104 Å². The first-order valence-electron chi connectivity index (χ1n) is 9.38. The van der Waals surface area contributed by atoms with Crippen molar-refractivity contribution in [1.29, 1.82) is 0 Å². The monoisotopic (exact) mass is 398 g/mol. The molecular formula is C19H22N6O4. The van der Waals surface area contributed by atoms with E-state index < -0.39 is 11.2 Å². The Morgan fingerprint density at radius 1 is 1.07 bits per heavy atom. The first kappa shape index (κ1) is 19.2. The van der Waals surface area contributed by atoms with Crippen molar-refractivity contribution in [1.82, 2.24) is 29.2 Å². The van der Waals surface area contributed by atoms with Crippen LogP contribution in [0.5, 0.6) is 5.75 Å². The lowest BCUT2D eigenvalue weighted by atomic mass is 10.2. The fourth-order valence-electron chi connectivity index (χ4n) is 3.14. The molecule has 3 heterocycles. The van der Waals surface area contributed by atoms with E-state index in [4.69, 9.17) is 9.47 Å². The summed E-state index contributed by atoms with van der Waals surface area (Å²) in [6, 6.07) is 7.37. The summed E-state index contributed by atoms with van der Waals surface area (Å²) in [5.74, 6) is 1.28. The molecule has 0 aromatic heterocycles. The molecule has 0 aliphatic carbocycles. The zero-order valence-electron chi connectivity index (χ0n) is 16.4. The summed E-state index contributed by atoms with van der Waals surface area (Å²) in [6.07, 6.45) is 0. The fourth-order valence-corrected chi connectivity index (χ4v) is 3.14. The van der Waals surface area contributed by atoms with Gasteiger partial charge in [-0.3, -0.25) is 14.3 Å². The number of morpholine rings is 1. The van der Waals surface area contributed by atoms with Crippen molar-refractivity contribution in [3.8, 4) is 28.7 Å².